The molecule has 3 aromatic carbocycles. The number of fused-ring (bicyclic) bond motifs is 2. The van der Waals surface area contributed by atoms with Crippen molar-refractivity contribution in [2.24, 2.45) is 0 Å². The Morgan fingerprint density at radius 2 is 1.50 bits per heavy atom. The molecule has 3 aromatic rings. The van der Waals surface area contributed by atoms with E-state index in [0.29, 0.717) is 5.69 Å². The topological polar surface area (TPSA) is 129 Å². The number of benzene rings is 3. The molecule has 3 N–H and O–H groups in total. The number of ketones is 2. The number of rotatable bonds is 3. The van der Waals surface area contributed by atoms with E-state index in [0.717, 1.165) is 10.5 Å². The SMILES string of the molecule is Nc1c(S(=O)(=O)[O-])cc(Nc2cccc(Br)c2)c2c1C(=O)c1ccccc1C2=O.[Na+]. The molecule has 1 aliphatic rings. The van der Waals surface area contributed by atoms with E-state index in [1.165, 1.54) is 12.1 Å². The summed E-state index contributed by atoms with van der Waals surface area (Å²) >= 11 is 3.32. The predicted molar refractivity (Wildman–Crippen MR) is 110 cm³/mol. The summed E-state index contributed by atoms with van der Waals surface area (Å²) in [7, 11) is -5.00. The minimum atomic E-state index is -5.00. The number of hydrogen-bond acceptors (Lipinski definition) is 7. The molecular weight excluding hydrogens is 483 g/mol. The first-order chi connectivity index (χ1) is 13.7. The van der Waals surface area contributed by atoms with Crippen molar-refractivity contribution in [3.63, 3.8) is 0 Å². The molecule has 0 saturated heterocycles. The van der Waals surface area contributed by atoms with E-state index in [1.807, 2.05) is 0 Å². The Morgan fingerprint density at radius 1 is 0.900 bits per heavy atom. The van der Waals surface area contributed by atoms with Gasteiger partial charge in [-0.3, -0.25) is 9.59 Å². The van der Waals surface area contributed by atoms with Crippen molar-refractivity contribution in [1.29, 1.82) is 0 Å². The van der Waals surface area contributed by atoms with Gasteiger partial charge in [0, 0.05) is 21.3 Å². The van der Waals surface area contributed by atoms with Crippen LogP contribution < -0.4 is 40.6 Å². The summed E-state index contributed by atoms with van der Waals surface area (Å²) in [5.41, 5.74) is 5.82. The van der Waals surface area contributed by atoms with Crippen molar-refractivity contribution < 1.29 is 52.1 Å². The average Bonchev–Trinajstić information content (AvgIpc) is 2.66. The standard InChI is InChI=1S/C20H13BrN2O5S.Na/c21-10-4-3-5-11(8-10)23-14-9-15(29(26,27)28)18(22)17-16(14)19(24)12-6-1-2-7-13(12)20(17)25;/h1-9,23H,22H2,(H,26,27,28);/q;+1/p-1. The quantitative estimate of drug-likeness (QED) is 0.240. The van der Waals surface area contributed by atoms with Crippen LogP contribution in [0.4, 0.5) is 17.1 Å². The minimum Gasteiger partial charge on any atom is -0.744 e. The molecule has 10 heteroatoms. The number of carbonyl (C=O) groups excluding carboxylic acids is 2. The Bertz CT molecular complexity index is 1320. The number of halogens is 1. The molecule has 0 fully saturated rings. The number of nitrogens with two attached hydrogens (primary N) is 1. The van der Waals surface area contributed by atoms with Crippen LogP contribution >= 0.6 is 15.9 Å². The van der Waals surface area contributed by atoms with E-state index in [2.05, 4.69) is 21.2 Å². The van der Waals surface area contributed by atoms with Gasteiger partial charge in [-0.2, -0.15) is 0 Å². The first-order valence-corrected chi connectivity index (χ1v) is 10.5. The molecule has 0 aromatic heterocycles. The van der Waals surface area contributed by atoms with Crippen molar-refractivity contribution in [3.8, 4) is 0 Å². The zero-order valence-corrected chi connectivity index (χ0v) is 20.0. The van der Waals surface area contributed by atoms with Crippen molar-refractivity contribution >= 4 is 54.7 Å². The van der Waals surface area contributed by atoms with Gasteiger partial charge in [0.25, 0.3) is 0 Å². The van der Waals surface area contributed by atoms with Crippen molar-refractivity contribution in [2.75, 3.05) is 11.1 Å². The summed E-state index contributed by atoms with van der Waals surface area (Å²) in [6.07, 6.45) is 0. The molecule has 0 bridgehead atoms. The molecule has 0 heterocycles. The summed E-state index contributed by atoms with van der Waals surface area (Å²) in [5.74, 6) is -1.11. The van der Waals surface area contributed by atoms with Gasteiger partial charge in [0.1, 0.15) is 10.1 Å². The third kappa shape index (κ3) is 3.84. The zero-order valence-electron chi connectivity index (χ0n) is 15.6. The number of nitrogens with one attached hydrogen (secondary N) is 1. The van der Waals surface area contributed by atoms with Crippen LogP contribution in [0.1, 0.15) is 31.8 Å². The molecule has 0 spiro atoms. The van der Waals surface area contributed by atoms with Gasteiger partial charge in [-0.25, -0.2) is 8.42 Å². The normalized spacial score (nSPS) is 12.6. The Hall–Kier alpha value is -2.01. The maximum absolute atomic E-state index is 13.2. The fourth-order valence-electron chi connectivity index (χ4n) is 3.32. The molecule has 7 nitrogen and oxygen atoms in total. The van der Waals surface area contributed by atoms with Crippen molar-refractivity contribution in [3.05, 3.63) is 81.3 Å². The first kappa shape index (κ1) is 22.7. The van der Waals surface area contributed by atoms with E-state index in [-0.39, 0.29) is 57.5 Å². The van der Waals surface area contributed by atoms with Gasteiger partial charge in [0.15, 0.2) is 11.6 Å². The Labute approximate surface area is 202 Å². The summed E-state index contributed by atoms with van der Waals surface area (Å²) in [4.78, 5) is 25.5. The summed E-state index contributed by atoms with van der Waals surface area (Å²) in [6, 6.07) is 14.0. The van der Waals surface area contributed by atoms with Gasteiger partial charge in [-0.05, 0) is 24.3 Å². The Balaban J connectivity index is 0.00000256. The third-order valence-corrected chi connectivity index (χ3v) is 5.94. The molecule has 0 saturated carbocycles. The third-order valence-electron chi connectivity index (χ3n) is 4.57. The molecule has 0 amide bonds. The van der Waals surface area contributed by atoms with Gasteiger partial charge in [-0.15, -0.1) is 0 Å². The van der Waals surface area contributed by atoms with Gasteiger partial charge in [-0.1, -0.05) is 46.3 Å². The summed E-state index contributed by atoms with van der Waals surface area (Å²) in [5, 5.41) is 2.93. The summed E-state index contributed by atoms with van der Waals surface area (Å²) < 4.78 is 36.0. The van der Waals surface area contributed by atoms with E-state index in [1.54, 1.807) is 36.4 Å². The second kappa shape index (κ2) is 8.26. The molecule has 0 aliphatic heterocycles. The average molecular weight is 495 g/mol. The van der Waals surface area contributed by atoms with E-state index < -0.39 is 32.3 Å². The second-order valence-corrected chi connectivity index (χ2v) is 8.64. The van der Waals surface area contributed by atoms with Crippen LogP contribution in [0.3, 0.4) is 0 Å². The largest absolute Gasteiger partial charge is 1.00 e. The first-order valence-electron chi connectivity index (χ1n) is 8.32. The number of nitrogen functional groups attached to an aromatic ring is 1. The van der Waals surface area contributed by atoms with Gasteiger partial charge in [0.05, 0.1) is 27.4 Å². The van der Waals surface area contributed by atoms with Gasteiger partial charge < -0.3 is 15.6 Å². The van der Waals surface area contributed by atoms with E-state index >= 15 is 0 Å². The van der Waals surface area contributed by atoms with E-state index in [4.69, 9.17) is 5.73 Å². The van der Waals surface area contributed by atoms with Crippen LogP contribution in [0.2, 0.25) is 0 Å². The molecule has 0 radical (unpaired) electrons. The van der Waals surface area contributed by atoms with Crippen LogP contribution in [0.15, 0.2) is 64.0 Å². The monoisotopic (exact) mass is 494 g/mol. The molecule has 30 heavy (non-hydrogen) atoms. The van der Waals surface area contributed by atoms with Crippen LogP contribution in [-0.4, -0.2) is 24.5 Å². The van der Waals surface area contributed by atoms with Crippen LogP contribution in [-0.2, 0) is 10.1 Å². The zero-order chi connectivity index (χ0) is 20.9. The van der Waals surface area contributed by atoms with Crippen molar-refractivity contribution in [1.82, 2.24) is 0 Å². The minimum absolute atomic E-state index is 0. The predicted octanol–water partition coefficient (Wildman–Crippen LogP) is 0.458. The molecule has 4 rings (SSSR count). The maximum atomic E-state index is 13.2. The summed E-state index contributed by atoms with van der Waals surface area (Å²) in [6.45, 7) is 0. The fraction of sp³-hybridized carbons (Fsp3) is 0. The molecule has 0 atom stereocenters. The second-order valence-electron chi connectivity index (χ2n) is 6.38. The van der Waals surface area contributed by atoms with Crippen molar-refractivity contribution in [2.45, 2.75) is 4.90 Å². The molecule has 146 valence electrons. The fourth-order valence-corrected chi connectivity index (χ4v) is 4.35. The van der Waals surface area contributed by atoms with Crippen LogP contribution in [0, 0.1) is 0 Å². The van der Waals surface area contributed by atoms with Crippen LogP contribution in [0.25, 0.3) is 0 Å². The Kier molecular flexibility index (Phi) is 6.24. The van der Waals surface area contributed by atoms with Gasteiger partial charge in [0.2, 0.25) is 0 Å². The Morgan fingerprint density at radius 3 is 2.07 bits per heavy atom. The number of anilines is 3. The van der Waals surface area contributed by atoms with Crippen LogP contribution in [0.5, 0.6) is 0 Å². The van der Waals surface area contributed by atoms with Gasteiger partial charge >= 0.3 is 29.6 Å². The molecule has 1 aliphatic carbocycles. The number of hydrogen-bond donors (Lipinski definition) is 2. The number of carbonyl (C=O) groups is 2. The molecule has 0 unspecified atom stereocenters. The maximum Gasteiger partial charge on any atom is 1.00 e. The molecular formula is C20H12BrN2NaO5S. The smallest absolute Gasteiger partial charge is 0.744 e. The van der Waals surface area contributed by atoms with E-state index in [9.17, 15) is 22.6 Å².